The number of rotatable bonds is 1. The second-order valence-corrected chi connectivity index (χ2v) is 4.38. The Kier molecular flexibility index (Phi) is 4.88. The Morgan fingerprint density at radius 3 is 1.95 bits per heavy atom. The summed E-state index contributed by atoms with van der Waals surface area (Å²) in [6.07, 6.45) is 1.67. The van der Waals surface area contributed by atoms with Gasteiger partial charge in [-0.05, 0) is 31.2 Å². The van der Waals surface area contributed by atoms with E-state index in [0.717, 1.165) is 5.69 Å². The molecule has 0 saturated carbocycles. The number of aromatic nitrogens is 2. The number of para-hydroxylation sites is 2. The van der Waals surface area contributed by atoms with Gasteiger partial charge in [0.25, 0.3) is 0 Å². The maximum atomic E-state index is 11.1. The minimum absolute atomic E-state index is 0.0304. The van der Waals surface area contributed by atoms with Crippen LogP contribution in [0.1, 0.15) is 5.69 Å². The molecule has 0 radical (unpaired) electrons. The van der Waals surface area contributed by atoms with Crippen LogP contribution in [0.4, 0.5) is 0 Å². The number of phenols is 1. The molecule has 3 rings (SSSR count). The third-order valence-electron chi connectivity index (χ3n) is 2.76. The molecule has 0 aliphatic heterocycles. The Morgan fingerprint density at radius 2 is 1.48 bits per heavy atom. The van der Waals surface area contributed by atoms with E-state index in [1.54, 1.807) is 42.1 Å². The Bertz CT molecular complexity index is 737. The predicted molar refractivity (Wildman–Crippen MR) is 82.7 cm³/mol. The maximum Gasteiger partial charge on any atom is 0.203 e. The summed E-state index contributed by atoms with van der Waals surface area (Å²) in [6, 6.07) is 19.9. The minimum Gasteiger partial charge on any atom is -0.508 e. The molecule has 106 valence electrons. The van der Waals surface area contributed by atoms with Crippen molar-refractivity contribution in [3.8, 4) is 11.4 Å². The average Bonchev–Trinajstić information content (AvgIpc) is 2.52. The number of benzene rings is 2. The second-order valence-electron chi connectivity index (χ2n) is 4.38. The van der Waals surface area contributed by atoms with Crippen LogP contribution in [-0.2, 0) is 0 Å². The summed E-state index contributed by atoms with van der Waals surface area (Å²) in [5.74, 6) is 0.322. The van der Waals surface area contributed by atoms with Gasteiger partial charge in [-0.2, -0.15) is 5.10 Å². The molecule has 21 heavy (non-hydrogen) atoms. The van der Waals surface area contributed by atoms with E-state index in [1.807, 2.05) is 36.4 Å². The van der Waals surface area contributed by atoms with Crippen LogP contribution in [0.15, 0.2) is 77.7 Å². The van der Waals surface area contributed by atoms with E-state index in [2.05, 4.69) is 5.10 Å². The molecule has 4 heteroatoms. The molecule has 0 atom stereocenters. The number of hydrogen-bond acceptors (Lipinski definition) is 3. The van der Waals surface area contributed by atoms with Crippen LogP contribution in [0.2, 0.25) is 0 Å². The van der Waals surface area contributed by atoms with Crippen LogP contribution in [0.5, 0.6) is 5.75 Å². The fourth-order valence-electron chi connectivity index (χ4n) is 1.66. The molecule has 4 nitrogen and oxygen atoms in total. The average molecular weight is 280 g/mol. The number of hydrogen-bond donors (Lipinski definition) is 1. The van der Waals surface area contributed by atoms with Crippen molar-refractivity contribution in [2.24, 2.45) is 0 Å². The maximum absolute atomic E-state index is 11.1. The van der Waals surface area contributed by atoms with Crippen molar-refractivity contribution in [1.82, 2.24) is 9.78 Å². The molecule has 1 aromatic heterocycles. The van der Waals surface area contributed by atoms with E-state index in [9.17, 15) is 4.79 Å². The fourth-order valence-corrected chi connectivity index (χ4v) is 1.66. The van der Waals surface area contributed by atoms with E-state index in [-0.39, 0.29) is 5.43 Å². The lowest BCUT2D eigenvalue weighted by atomic mass is 10.3. The molecule has 0 aliphatic carbocycles. The lowest BCUT2D eigenvalue weighted by molar-refractivity contribution is 0.475. The highest BCUT2D eigenvalue weighted by atomic mass is 16.3. The third-order valence-corrected chi connectivity index (χ3v) is 2.76. The molecule has 0 fully saturated rings. The van der Waals surface area contributed by atoms with Gasteiger partial charge in [-0.1, -0.05) is 36.4 Å². The molecule has 1 N–H and O–H groups in total. The van der Waals surface area contributed by atoms with Gasteiger partial charge in [0, 0.05) is 12.3 Å². The SMILES string of the molecule is Cc1nn(-c2ccccc2)ccc1=O.Oc1ccccc1. The Hall–Kier alpha value is -2.88. The van der Waals surface area contributed by atoms with E-state index < -0.39 is 0 Å². The first-order valence-electron chi connectivity index (χ1n) is 6.53. The molecule has 0 amide bonds. The molecular formula is C17H16N2O2. The summed E-state index contributed by atoms with van der Waals surface area (Å²) >= 11 is 0. The van der Waals surface area contributed by atoms with Crippen molar-refractivity contribution in [2.45, 2.75) is 6.92 Å². The first kappa shape index (κ1) is 14.5. The zero-order chi connectivity index (χ0) is 15.1. The van der Waals surface area contributed by atoms with Crippen LogP contribution in [0.25, 0.3) is 5.69 Å². The lowest BCUT2D eigenvalue weighted by Gasteiger charge is -2.04. The normalized spacial score (nSPS) is 9.57. The van der Waals surface area contributed by atoms with Gasteiger partial charge in [-0.25, -0.2) is 4.68 Å². The smallest absolute Gasteiger partial charge is 0.203 e. The summed E-state index contributed by atoms with van der Waals surface area (Å²) in [6.45, 7) is 1.71. The number of nitrogens with zero attached hydrogens (tertiary/aromatic N) is 2. The number of phenolic OH excluding ortho intramolecular Hbond substituents is 1. The van der Waals surface area contributed by atoms with Crippen LogP contribution in [0.3, 0.4) is 0 Å². The van der Waals surface area contributed by atoms with Crippen LogP contribution >= 0.6 is 0 Å². The fraction of sp³-hybridized carbons (Fsp3) is 0.0588. The second kappa shape index (κ2) is 7.05. The monoisotopic (exact) mass is 280 g/mol. The van der Waals surface area contributed by atoms with Gasteiger partial charge in [0.15, 0.2) is 0 Å². The minimum atomic E-state index is -0.0304. The highest BCUT2D eigenvalue weighted by Gasteiger charge is 1.97. The van der Waals surface area contributed by atoms with Gasteiger partial charge < -0.3 is 5.11 Å². The summed E-state index contributed by atoms with van der Waals surface area (Å²) in [7, 11) is 0. The highest BCUT2D eigenvalue weighted by Crippen LogP contribution is 2.03. The highest BCUT2D eigenvalue weighted by molar-refractivity contribution is 5.29. The predicted octanol–water partition coefficient (Wildman–Crippen LogP) is 2.93. The first-order chi connectivity index (χ1) is 10.2. The van der Waals surface area contributed by atoms with E-state index in [0.29, 0.717) is 11.4 Å². The lowest BCUT2D eigenvalue weighted by Crippen LogP contribution is -2.12. The Balaban J connectivity index is 0.000000194. The molecule has 0 aliphatic rings. The van der Waals surface area contributed by atoms with Gasteiger partial charge in [-0.15, -0.1) is 0 Å². The van der Waals surface area contributed by atoms with Gasteiger partial charge >= 0.3 is 0 Å². The molecule has 1 heterocycles. The van der Waals surface area contributed by atoms with Crippen molar-refractivity contribution < 1.29 is 5.11 Å². The molecule has 0 bridgehead atoms. The van der Waals surface area contributed by atoms with Crippen molar-refractivity contribution in [1.29, 1.82) is 0 Å². The molecule has 0 spiro atoms. The van der Waals surface area contributed by atoms with E-state index in [1.165, 1.54) is 6.07 Å². The summed E-state index contributed by atoms with van der Waals surface area (Å²) in [4.78, 5) is 11.1. The van der Waals surface area contributed by atoms with Gasteiger partial charge in [0.2, 0.25) is 5.43 Å². The van der Waals surface area contributed by atoms with E-state index >= 15 is 0 Å². The first-order valence-corrected chi connectivity index (χ1v) is 6.53. The van der Waals surface area contributed by atoms with Crippen molar-refractivity contribution in [2.75, 3.05) is 0 Å². The van der Waals surface area contributed by atoms with Crippen molar-refractivity contribution >= 4 is 0 Å². The number of aromatic hydroxyl groups is 1. The number of aryl methyl sites for hydroxylation is 1. The van der Waals surface area contributed by atoms with Crippen LogP contribution < -0.4 is 5.43 Å². The largest absolute Gasteiger partial charge is 0.508 e. The molecule has 0 unspecified atom stereocenters. The summed E-state index contributed by atoms with van der Waals surface area (Å²) < 4.78 is 1.69. The van der Waals surface area contributed by atoms with E-state index in [4.69, 9.17) is 5.11 Å². The topological polar surface area (TPSA) is 55.1 Å². The molecular weight excluding hydrogens is 264 g/mol. The molecule has 0 saturated heterocycles. The van der Waals surface area contributed by atoms with Gasteiger partial charge in [0.05, 0.1) is 5.69 Å². The summed E-state index contributed by atoms with van der Waals surface area (Å²) in [5.41, 5.74) is 1.43. The zero-order valence-electron chi connectivity index (χ0n) is 11.7. The van der Waals surface area contributed by atoms with Crippen LogP contribution in [-0.4, -0.2) is 14.9 Å². The van der Waals surface area contributed by atoms with Crippen molar-refractivity contribution in [3.63, 3.8) is 0 Å². The Morgan fingerprint density at radius 1 is 0.905 bits per heavy atom. The molecule has 3 aromatic rings. The van der Waals surface area contributed by atoms with Crippen LogP contribution in [0, 0.1) is 6.92 Å². The van der Waals surface area contributed by atoms with Gasteiger partial charge in [0.1, 0.15) is 11.4 Å². The van der Waals surface area contributed by atoms with Gasteiger partial charge in [-0.3, -0.25) is 4.79 Å². The summed E-state index contributed by atoms with van der Waals surface area (Å²) in [5, 5.41) is 12.8. The molecule has 2 aromatic carbocycles. The standard InChI is InChI=1S/C11H10N2O.C6H6O/c1-9-11(14)7-8-13(12-9)10-5-3-2-4-6-10;7-6-4-2-1-3-5-6/h2-8H,1H3;1-5,7H. The zero-order valence-corrected chi connectivity index (χ0v) is 11.7. The quantitative estimate of drug-likeness (QED) is 0.745. The Labute approximate surface area is 122 Å². The van der Waals surface area contributed by atoms with Crippen molar-refractivity contribution in [3.05, 3.63) is 88.8 Å². The third kappa shape index (κ3) is 4.31.